The summed E-state index contributed by atoms with van der Waals surface area (Å²) in [7, 11) is 0. The third-order valence-electron chi connectivity index (χ3n) is 0.586. The SMILES string of the molecule is CC(=O)OC(Cl)C[N+](=O)[O-]. The van der Waals surface area contributed by atoms with Crippen LogP contribution >= 0.6 is 11.6 Å². The Labute approximate surface area is 62.1 Å². The van der Waals surface area contributed by atoms with Crippen LogP contribution in [0.5, 0.6) is 0 Å². The fourth-order valence-corrected chi connectivity index (χ4v) is 0.573. The van der Waals surface area contributed by atoms with E-state index in [0.29, 0.717) is 0 Å². The van der Waals surface area contributed by atoms with Gasteiger partial charge in [0.25, 0.3) is 6.54 Å². The number of carbonyl (C=O) groups excluding carboxylic acids is 1. The van der Waals surface area contributed by atoms with Crippen LogP contribution in [0.4, 0.5) is 0 Å². The summed E-state index contributed by atoms with van der Waals surface area (Å²) in [5, 5.41) is 9.72. The zero-order valence-corrected chi connectivity index (χ0v) is 6.00. The first-order chi connectivity index (χ1) is 4.52. The van der Waals surface area contributed by atoms with Crippen molar-refractivity contribution >= 4 is 17.6 Å². The lowest BCUT2D eigenvalue weighted by Gasteiger charge is -2.02. The van der Waals surface area contributed by atoms with Gasteiger partial charge >= 0.3 is 5.97 Å². The monoisotopic (exact) mass is 167 g/mol. The Bertz CT molecular complexity index is 132. The maximum atomic E-state index is 10.1. The number of esters is 1. The molecule has 0 radical (unpaired) electrons. The Hall–Kier alpha value is -0.840. The summed E-state index contributed by atoms with van der Waals surface area (Å²) in [5.41, 5.74) is -1.16. The second-order valence-electron chi connectivity index (χ2n) is 1.53. The first-order valence-corrected chi connectivity index (χ1v) is 2.89. The van der Waals surface area contributed by atoms with E-state index in [0.717, 1.165) is 6.92 Å². The largest absolute Gasteiger partial charge is 0.439 e. The van der Waals surface area contributed by atoms with Crippen LogP contribution in [0, 0.1) is 10.1 Å². The van der Waals surface area contributed by atoms with Crippen LogP contribution in [-0.2, 0) is 9.53 Å². The van der Waals surface area contributed by atoms with Crippen molar-refractivity contribution < 1.29 is 14.5 Å². The van der Waals surface area contributed by atoms with Gasteiger partial charge in [-0.2, -0.15) is 0 Å². The van der Waals surface area contributed by atoms with E-state index in [9.17, 15) is 14.9 Å². The predicted octanol–water partition coefficient (Wildman–Crippen LogP) is 0.391. The summed E-state index contributed by atoms with van der Waals surface area (Å²) in [6.45, 7) is 0.566. The second-order valence-corrected chi connectivity index (χ2v) is 2.02. The van der Waals surface area contributed by atoms with Gasteiger partial charge in [0.2, 0.25) is 5.56 Å². The van der Waals surface area contributed by atoms with Crippen LogP contribution in [0.25, 0.3) is 0 Å². The lowest BCUT2D eigenvalue weighted by molar-refractivity contribution is -0.485. The number of carbonyl (C=O) groups is 1. The van der Waals surface area contributed by atoms with Crippen LogP contribution in [0.3, 0.4) is 0 Å². The Balaban J connectivity index is 3.53. The number of halogens is 1. The second kappa shape index (κ2) is 4.05. The number of ether oxygens (including phenoxy) is 1. The maximum Gasteiger partial charge on any atom is 0.304 e. The van der Waals surface area contributed by atoms with Crippen molar-refractivity contribution in [2.24, 2.45) is 0 Å². The molecule has 0 aliphatic heterocycles. The average Bonchev–Trinajstić information content (AvgIpc) is 1.58. The summed E-state index contributed by atoms with van der Waals surface area (Å²) >= 11 is 5.19. The predicted molar refractivity (Wildman–Crippen MR) is 33.3 cm³/mol. The molecular weight excluding hydrogens is 162 g/mol. The van der Waals surface area contributed by atoms with E-state index in [-0.39, 0.29) is 0 Å². The molecule has 58 valence electrons. The van der Waals surface area contributed by atoms with E-state index in [4.69, 9.17) is 11.6 Å². The molecule has 1 unspecified atom stereocenters. The molecule has 0 aliphatic rings. The minimum Gasteiger partial charge on any atom is -0.439 e. The van der Waals surface area contributed by atoms with Crippen molar-refractivity contribution in [2.75, 3.05) is 6.54 Å². The zero-order chi connectivity index (χ0) is 8.15. The standard InChI is InChI=1S/C4H6ClNO4/c1-3(7)10-4(5)2-6(8)9/h4H,2H2,1H3. The Morgan fingerprint density at radius 2 is 2.40 bits per heavy atom. The van der Waals surface area contributed by atoms with Crippen LogP contribution in [0.15, 0.2) is 0 Å². The van der Waals surface area contributed by atoms with Gasteiger partial charge < -0.3 is 4.74 Å². The van der Waals surface area contributed by atoms with E-state index in [1.165, 1.54) is 0 Å². The molecule has 0 saturated heterocycles. The number of nitro groups is 1. The van der Waals surface area contributed by atoms with Crippen molar-refractivity contribution in [3.8, 4) is 0 Å². The molecular formula is C4H6ClNO4. The molecule has 0 spiro atoms. The van der Waals surface area contributed by atoms with Crippen LogP contribution in [0.1, 0.15) is 6.92 Å². The fraction of sp³-hybridized carbons (Fsp3) is 0.750. The van der Waals surface area contributed by atoms with Gasteiger partial charge in [-0.15, -0.1) is 0 Å². The topological polar surface area (TPSA) is 69.4 Å². The maximum absolute atomic E-state index is 10.1. The first kappa shape index (κ1) is 9.16. The van der Waals surface area contributed by atoms with Gasteiger partial charge in [0.15, 0.2) is 0 Å². The number of hydrogen-bond donors (Lipinski definition) is 0. The third kappa shape index (κ3) is 5.30. The molecule has 0 amide bonds. The summed E-state index contributed by atoms with van der Waals surface area (Å²) in [6, 6.07) is 0. The minimum atomic E-state index is -1.16. The molecule has 0 N–H and O–H groups in total. The van der Waals surface area contributed by atoms with Crippen molar-refractivity contribution in [1.29, 1.82) is 0 Å². The number of nitrogens with zero attached hydrogens (tertiary/aromatic N) is 1. The number of alkyl halides is 1. The van der Waals surface area contributed by atoms with Gasteiger partial charge in [0.05, 0.1) is 0 Å². The van der Waals surface area contributed by atoms with Gasteiger partial charge in [0, 0.05) is 11.8 Å². The molecule has 0 saturated carbocycles. The highest BCUT2D eigenvalue weighted by Gasteiger charge is 2.13. The normalized spacial score (nSPS) is 12.2. The molecule has 0 heterocycles. The highest BCUT2D eigenvalue weighted by Crippen LogP contribution is 1.97. The van der Waals surface area contributed by atoms with Crippen molar-refractivity contribution in [3.63, 3.8) is 0 Å². The Morgan fingerprint density at radius 1 is 1.90 bits per heavy atom. The fourth-order valence-electron chi connectivity index (χ4n) is 0.335. The Kier molecular flexibility index (Phi) is 3.71. The summed E-state index contributed by atoms with van der Waals surface area (Å²) in [4.78, 5) is 19.2. The van der Waals surface area contributed by atoms with Gasteiger partial charge in [-0.25, -0.2) is 0 Å². The molecule has 0 rings (SSSR count). The molecule has 1 atom stereocenters. The average molecular weight is 168 g/mol. The molecule has 0 aromatic rings. The summed E-state index contributed by atoms with van der Waals surface area (Å²) in [5.74, 6) is -0.623. The number of hydrogen-bond acceptors (Lipinski definition) is 4. The molecule has 0 aromatic heterocycles. The quantitative estimate of drug-likeness (QED) is 0.264. The van der Waals surface area contributed by atoms with Crippen molar-refractivity contribution in [2.45, 2.75) is 12.5 Å². The van der Waals surface area contributed by atoms with Crippen LogP contribution in [-0.4, -0.2) is 23.0 Å². The summed E-state index contributed by atoms with van der Waals surface area (Å²) < 4.78 is 4.25. The van der Waals surface area contributed by atoms with Crippen molar-refractivity contribution in [1.82, 2.24) is 0 Å². The minimum absolute atomic E-state index is 0.568. The van der Waals surface area contributed by atoms with E-state index in [1.54, 1.807) is 0 Å². The van der Waals surface area contributed by atoms with Gasteiger partial charge in [0.1, 0.15) is 0 Å². The molecule has 6 heteroatoms. The highest BCUT2D eigenvalue weighted by molar-refractivity contribution is 6.20. The number of rotatable bonds is 3. The lowest BCUT2D eigenvalue weighted by Crippen LogP contribution is -2.19. The van der Waals surface area contributed by atoms with E-state index >= 15 is 0 Å². The van der Waals surface area contributed by atoms with E-state index < -0.39 is 23.0 Å². The van der Waals surface area contributed by atoms with E-state index in [2.05, 4.69) is 4.74 Å². The van der Waals surface area contributed by atoms with Crippen LogP contribution < -0.4 is 0 Å². The van der Waals surface area contributed by atoms with E-state index in [1.807, 2.05) is 0 Å². The van der Waals surface area contributed by atoms with Gasteiger partial charge in [-0.3, -0.25) is 14.9 Å². The molecule has 10 heavy (non-hydrogen) atoms. The summed E-state index contributed by atoms with van der Waals surface area (Å²) in [6.07, 6.45) is 0. The Morgan fingerprint density at radius 3 is 2.70 bits per heavy atom. The zero-order valence-electron chi connectivity index (χ0n) is 5.24. The lowest BCUT2D eigenvalue weighted by atomic mass is 10.7. The highest BCUT2D eigenvalue weighted by atomic mass is 35.5. The first-order valence-electron chi connectivity index (χ1n) is 2.45. The molecule has 0 bridgehead atoms. The molecule has 0 fully saturated rings. The molecule has 0 aliphatic carbocycles. The smallest absolute Gasteiger partial charge is 0.304 e. The van der Waals surface area contributed by atoms with Gasteiger partial charge in [-0.1, -0.05) is 11.6 Å². The molecule has 0 aromatic carbocycles. The van der Waals surface area contributed by atoms with Crippen LogP contribution in [0.2, 0.25) is 0 Å². The molecule has 5 nitrogen and oxygen atoms in total. The van der Waals surface area contributed by atoms with Gasteiger partial charge in [-0.05, 0) is 0 Å². The van der Waals surface area contributed by atoms with Crippen molar-refractivity contribution in [3.05, 3.63) is 10.1 Å². The third-order valence-corrected chi connectivity index (χ3v) is 0.814.